The van der Waals surface area contributed by atoms with Crippen molar-refractivity contribution in [2.45, 2.75) is 19.8 Å². The molecule has 0 heterocycles. The summed E-state index contributed by atoms with van der Waals surface area (Å²) in [6, 6.07) is 8.19. The zero-order valence-electron chi connectivity index (χ0n) is 7.55. The van der Waals surface area contributed by atoms with Crippen LogP contribution in [-0.4, -0.2) is 6.61 Å². The van der Waals surface area contributed by atoms with Crippen LogP contribution < -0.4 is 4.74 Å². The lowest BCUT2D eigenvalue weighted by Crippen LogP contribution is -1.92. The fourth-order valence-electron chi connectivity index (χ4n) is 1.20. The number of hydrogen-bond acceptors (Lipinski definition) is 1. The predicted octanol–water partition coefficient (Wildman–Crippen LogP) is 2.85. The van der Waals surface area contributed by atoms with Crippen LogP contribution in [0, 0.1) is 6.92 Å². The van der Waals surface area contributed by atoms with Gasteiger partial charge in [0, 0.05) is 0 Å². The summed E-state index contributed by atoms with van der Waals surface area (Å²) in [6.07, 6.45) is 2.29. The minimum absolute atomic E-state index is 0.496. The molecule has 65 valence electrons. The molecule has 0 N–H and O–H groups in total. The Balaban J connectivity index is 2.67. The molecule has 1 radical (unpaired) electrons. The molecule has 0 aliphatic carbocycles. The first kappa shape index (κ1) is 9.11. The van der Waals surface area contributed by atoms with E-state index in [0.29, 0.717) is 6.61 Å². The van der Waals surface area contributed by atoms with Gasteiger partial charge in [-0.1, -0.05) is 25.5 Å². The lowest BCUT2D eigenvalue weighted by atomic mass is 10.1. The lowest BCUT2D eigenvalue weighted by Gasteiger charge is -2.04. The van der Waals surface area contributed by atoms with Gasteiger partial charge in [0.1, 0.15) is 5.75 Å². The molecule has 0 atom stereocenters. The minimum Gasteiger partial charge on any atom is -0.494 e. The molecule has 0 spiro atoms. The average Bonchev–Trinajstić information content (AvgIpc) is 2.06. The van der Waals surface area contributed by atoms with Crippen molar-refractivity contribution >= 4 is 0 Å². The standard InChI is InChI=1S/C11H15O/c1-3-6-10-7-5-8-11(9-10)12-4-2/h5,7-9H,2-4,6H2,1H3. The summed E-state index contributed by atoms with van der Waals surface area (Å²) in [7, 11) is 0. The third kappa shape index (κ3) is 2.57. The zero-order chi connectivity index (χ0) is 8.81. The van der Waals surface area contributed by atoms with Gasteiger partial charge in [0.15, 0.2) is 0 Å². The molecular weight excluding hydrogens is 148 g/mol. The number of benzene rings is 1. The Morgan fingerprint density at radius 1 is 1.42 bits per heavy atom. The van der Waals surface area contributed by atoms with E-state index in [1.807, 2.05) is 12.1 Å². The summed E-state index contributed by atoms with van der Waals surface area (Å²) in [5.74, 6) is 0.927. The van der Waals surface area contributed by atoms with Gasteiger partial charge in [0.05, 0.1) is 6.61 Å². The highest BCUT2D eigenvalue weighted by Gasteiger charge is 1.94. The summed E-state index contributed by atoms with van der Waals surface area (Å²) >= 11 is 0. The Bertz CT molecular complexity index is 209. The summed E-state index contributed by atoms with van der Waals surface area (Å²) in [4.78, 5) is 0. The van der Waals surface area contributed by atoms with Crippen LogP contribution in [0.3, 0.4) is 0 Å². The fraction of sp³-hybridized carbons (Fsp3) is 0.364. The highest BCUT2D eigenvalue weighted by Crippen LogP contribution is 2.14. The Morgan fingerprint density at radius 3 is 2.92 bits per heavy atom. The Morgan fingerprint density at radius 2 is 2.25 bits per heavy atom. The maximum absolute atomic E-state index is 5.28. The molecule has 1 aromatic carbocycles. The molecule has 0 saturated carbocycles. The lowest BCUT2D eigenvalue weighted by molar-refractivity contribution is 0.360. The van der Waals surface area contributed by atoms with E-state index in [9.17, 15) is 0 Å². The van der Waals surface area contributed by atoms with Crippen molar-refractivity contribution in [1.82, 2.24) is 0 Å². The Hall–Kier alpha value is -0.980. The van der Waals surface area contributed by atoms with E-state index in [1.54, 1.807) is 0 Å². The van der Waals surface area contributed by atoms with Gasteiger partial charge in [0.2, 0.25) is 0 Å². The van der Waals surface area contributed by atoms with Gasteiger partial charge in [-0.3, -0.25) is 0 Å². The van der Waals surface area contributed by atoms with Crippen LogP contribution in [-0.2, 0) is 6.42 Å². The highest BCUT2D eigenvalue weighted by atomic mass is 16.5. The molecule has 0 unspecified atom stereocenters. The van der Waals surface area contributed by atoms with Crippen LogP contribution in [0.5, 0.6) is 5.75 Å². The van der Waals surface area contributed by atoms with Crippen molar-refractivity contribution in [2.75, 3.05) is 6.61 Å². The molecule has 1 heteroatoms. The SMILES string of the molecule is [CH2]COc1cccc(CCC)c1. The first-order valence-electron chi connectivity index (χ1n) is 4.37. The van der Waals surface area contributed by atoms with Gasteiger partial charge in [-0.25, -0.2) is 0 Å². The molecule has 1 rings (SSSR count). The molecule has 0 fully saturated rings. The van der Waals surface area contributed by atoms with E-state index in [0.717, 1.165) is 12.2 Å². The van der Waals surface area contributed by atoms with E-state index in [4.69, 9.17) is 4.74 Å². The maximum Gasteiger partial charge on any atom is 0.119 e. The topological polar surface area (TPSA) is 9.23 Å². The normalized spacial score (nSPS) is 9.83. The molecule has 12 heavy (non-hydrogen) atoms. The second-order valence-electron chi connectivity index (χ2n) is 2.75. The predicted molar refractivity (Wildman–Crippen MR) is 51.3 cm³/mol. The van der Waals surface area contributed by atoms with Crippen LogP contribution in [0.25, 0.3) is 0 Å². The Kier molecular flexibility index (Phi) is 3.65. The van der Waals surface area contributed by atoms with Gasteiger partial charge in [-0.2, -0.15) is 0 Å². The van der Waals surface area contributed by atoms with Crippen molar-refractivity contribution in [1.29, 1.82) is 0 Å². The molecule has 0 aliphatic heterocycles. The molecule has 0 amide bonds. The van der Waals surface area contributed by atoms with Crippen LogP contribution in [0.15, 0.2) is 24.3 Å². The average molecular weight is 163 g/mol. The van der Waals surface area contributed by atoms with E-state index < -0.39 is 0 Å². The van der Waals surface area contributed by atoms with Crippen LogP contribution >= 0.6 is 0 Å². The van der Waals surface area contributed by atoms with Gasteiger partial charge in [-0.05, 0) is 31.0 Å². The number of hydrogen-bond donors (Lipinski definition) is 0. The summed E-state index contributed by atoms with van der Waals surface area (Å²) in [5.41, 5.74) is 1.34. The first-order chi connectivity index (χ1) is 5.86. The molecule has 0 saturated heterocycles. The van der Waals surface area contributed by atoms with Gasteiger partial charge >= 0.3 is 0 Å². The van der Waals surface area contributed by atoms with Crippen molar-refractivity contribution in [2.24, 2.45) is 0 Å². The van der Waals surface area contributed by atoms with Crippen molar-refractivity contribution in [3.05, 3.63) is 36.8 Å². The van der Waals surface area contributed by atoms with Crippen LogP contribution in [0.4, 0.5) is 0 Å². The number of aryl methyl sites for hydroxylation is 1. The van der Waals surface area contributed by atoms with Crippen molar-refractivity contribution in [3.63, 3.8) is 0 Å². The second-order valence-corrected chi connectivity index (χ2v) is 2.75. The fourth-order valence-corrected chi connectivity index (χ4v) is 1.20. The first-order valence-corrected chi connectivity index (χ1v) is 4.37. The highest BCUT2D eigenvalue weighted by molar-refractivity contribution is 5.28. The zero-order valence-corrected chi connectivity index (χ0v) is 7.55. The largest absolute Gasteiger partial charge is 0.494 e. The summed E-state index contributed by atoms with van der Waals surface area (Å²) < 4.78 is 5.28. The van der Waals surface area contributed by atoms with Gasteiger partial charge in [-0.15, -0.1) is 0 Å². The summed E-state index contributed by atoms with van der Waals surface area (Å²) in [6.45, 7) is 6.31. The molecule has 0 bridgehead atoms. The smallest absolute Gasteiger partial charge is 0.119 e. The third-order valence-electron chi connectivity index (χ3n) is 1.71. The van der Waals surface area contributed by atoms with E-state index in [-0.39, 0.29) is 0 Å². The molecule has 1 aromatic rings. The third-order valence-corrected chi connectivity index (χ3v) is 1.71. The van der Waals surface area contributed by atoms with Gasteiger partial charge in [0.25, 0.3) is 0 Å². The minimum atomic E-state index is 0.496. The molecule has 0 aromatic heterocycles. The molecular formula is C11H15O. The number of rotatable bonds is 4. The molecule has 1 nitrogen and oxygen atoms in total. The van der Waals surface area contributed by atoms with Crippen LogP contribution in [0.1, 0.15) is 18.9 Å². The van der Waals surface area contributed by atoms with Crippen LogP contribution in [0.2, 0.25) is 0 Å². The second kappa shape index (κ2) is 4.81. The van der Waals surface area contributed by atoms with E-state index in [2.05, 4.69) is 26.0 Å². The summed E-state index contributed by atoms with van der Waals surface area (Å²) in [5, 5.41) is 0. The number of ether oxygens (including phenoxy) is 1. The monoisotopic (exact) mass is 163 g/mol. The Labute approximate surface area is 74.4 Å². The van der Waals surface area contributed by atoms with Crippen molar-refractivity contribution < 1.29 is 4.74 Å². The van der Waals surface area contributed by atoms with E-state index >= 15 is 0 Å². The molecule has 0 aliphatic rings. The quantitative estimate of drug-likeness (QED) is 0.663. The van der Waals surface area contributed by atoms with E-state index in [1.165, 1.54) is 12.0 Å². The maximum atomic E-state index is 5.28. The van der Waals surface area contributed by atoms with Gasteiger partial charge < -0.3 is 4.74 Å². The van der Waals surface area contributed by atoms with Crippen molar-refractivity contribution in [3.8, 4) is 5.75 Å².